The Labute approximate surface area is 109 Å². The SMILES string of the molecule is CN1C2CCC1CC(CNC(=O)[C@H]1CCCN1)C2. The van der Waals surface area contributed by atoms with Crippen molar-refractivity contribution in [3.8, 4) is 0 Å². The topological polar surface area (TPSA) is 44.4 Å². The third-order valence-corrected chi connectivity index (χ3v) is 5.14. The summed E-state index contributed by atoms with van der Waals surface area (Å²) in [7, 11) is 2.26. The van der Waals surface area contributed by atoms with Crippen LogP contribution in [-0.4, -0.2) is 49.1 Å². The largest absolute Gasteiger partial charge is 0.354 e. The molecule has 0 aromatic rings. The standard InChI is InChI=1S/C14H25N3O/c1-17-11-4-5-12(17)8-10(7-11)9-16-14(18)13-3-2-6-15-13/h10-13,15H,2-9H2,1H3,(H,16,18)/t10?,11?,12?,13-/m1/s1. The minimum Gasteiger partial charge on any atom is -0.354 e. The molecule has 4 heteroatoms. The lowest BCUT2D eigenvalue weighted by Crippen LogP contribution is -2.46. The van der Waals surface area contributed by atoms with Gasteiger partial charge in [0.2, 0.25) is 5.91 Å². The number of nitrogens with zero attached hydrogens (tertiary/aromatic N) is 1. The molecule has 2 bridgehead atoms. The van der Waals surface area contributed by atoms with E-state index < -0.39 is 0 Å². The van der Waals surface area contributed by atoms with Crippen LogP contribution < -0.4 is 10.6 Å². The molecule has 2 N–H and O–H groups in total. The molecule has 0 saturated carbocycles. The molecular formula is C14H25N3O. The van der Waals surface area contributed by atoms with Crippen molar-refractivity contribution in [1.82, 2.24) is 15.5 Å². The van der Waals surface area contributed by atoms with Gasteiger partial charge in [0, 0.05) is 18.6 Å². The molecule has 3 rings (SSSR count). The molecule has 1 amide bonds. The number of hydrogen-bond acceptors (Lipinski definition) is 3. The fourth-order valence-corrected chi connectivity index (χ4v) is 3.97. The average Bonchev–Trinajstić information content (AvgIpc) is 2.94. The quantitative estimate of drug-likeness (QED) is 0.777. The molecule has 0 aliphatic carbocycles. The second kappa shape index (κ2) is 5.17. The Morgan fingerprint density at radius 1 is 1.28 bits per heavy atom. The molecule has 0 aromatic carbocycles. The maximum atomic E-state index is 11.9. The molecule has 4 nitrogen and oxygen atoms in total. The zero-order chi connectivity index (χ0) is 12.5. The Morgan fingerprint density at radius 2 is 2.00 bits per heavy atom. The summed E-state index contributed by atoms with van der Waals surface area (Å²) in [6.07, 6.45) is 7.39. The first-order valence-electron chi connectivity index (χ1n) is 7.47. The second-order valence-electron chi connectivity index (χ2n) is 6.28. The van der Waals surface area contributed by atoms with E-state index in [2.05, 4.69) is 22.6 Å². The summed E-state index contributed by atoms with van der Waals surface area (Å²) in [5.41, 5.74) is 0. The Kier molecular flexibility index (Phi) is 3.57. The van der Waals surface area contributed by atoms with Gasteiger partial charge in [0.25, 0.3) is 0 Å². The Balaban J connectivity index is 1.45. The Morgan fingerprint density at radius 3 is 2.61 bits per heavy atom. The van der Waals surface area contributed by atoms with Crippen LogP contribution in [0.25, 0.3) is 0 Å². The molecule has 3 heterocycles. The van der Waals surface area contributed by atoms with E-state index in [0.29, 0.717) is 5.92 Å². The van der Waals surface area contributed by atoms with Crippen LogP contribution in [0.4, 0.5) is 0 Å². The molecule has 0 aromatic heterocycles. The van der Waals surface area contributed by atoms with Crippen LogP contribution in [0.15, 0.2) is 0 Å². The van der Waals surface area contributed by atoms with Gasteiger partial charge in [-0.3, -0.25) is 4.79 Å². The van der Waals surface area contributed by atoms with Crippen molar-refractivity contribution in [2.75, 3.05) is 20.1 Å². The van der Waals surface area contributed by atoms with E-state index in [-0.39, 0.29) is 11.9 Å². The van der Waals surface area contributed by atoms with Gasteiger partial charge in [-0.2, -0.15) is 0 Å². The summed E-state index contributed by atoms with van der Waals surface area (Å²) in [5, 5.41) is 6.42. The number of piperidine rings is 1. The zero-order valence-electron chi connectivity index (χ0n) is 11.3. The van der Waals surface area contributed by atoms with Gasteiger partial charge in [0.1, 0.15) is 0 Å². The molecule has 3 aliphatic rings. The first-order chi connectivity index (χ1) is 8.74. The molecule has 102 valence electrons. The van der Waals surface area contributed by atoms with E-state index >= 15 is 0 Å². The average molecular weight is 251 g/mol. The number of fused-ring (bicyclic) bond motifs is 2. The highest BCUT2D eigenvalue weighted by Crippen LogP contribution is 2.36. The molecule has 3 fully saturated rings. The lowest BCUT2D eigenvalue weighted by molar-refractivity contribution is -0.123. The van der Waals surface area contributed by atoms with Gasteiger partial charge in [-0.25, -0.2) is 0 Å². The number of carbonyl (C=O) groups excluding carboxylic acids is 1. The maximum Gasteiger partial charge on any atom is 0.237 e. The first-order valence-corrected chi connectivity index (χ1v) is 7.47. The van der Waals surface area contributed by atoms with E-state index in [1.807, 2.05) is 0 Å². The third-order valence-electron chi connectivity index (χ3n) is 5.14. The van der Waals surface area contributed by atoms with Gasteiger partial charge in [-0.15, -0.1) is 0 Å². The Hall–Kier alpha value is -0.610. The summed E-state index contributed by atoms with van der Waals surface area (Å²) in [6.45, 7) is 1.88. The van der Waals surface area contributed by atoms with Crippen molar-refractivity contribution < 1.29 is 4.79 Å². The molecular weight excluding hydrogens is 226 g/mol. The van der Waals surface area contributed by atoms with Crippen molar-refractivity contribution in [3.63, 3.8) is 0 Å². The highest BCUT2D eigenvalue weighted by Gasteiger charge is 2.38. The maximum absolute atomic E-state index is 11.9. The minimum absolute atomic E-state index is 0.0768. The molecule has 18 heavy (non-hydrogen) atoms. The molecule has 0 radical (unpaired) electrons. The summed E-state index contributed by atoms with van der Waals surface area (Å²) in [4.78, 5) is 14.5. The predicted octanol–water partition coefficient (Wildman–Crippen LogP) is 0.727. The van der Waals surface area contributed by atoms with E-state index in [9.17, 15) is 4.79 Å². The summed E-state index contributed by atoms with van der Waals surface area (Å²) in [6, 6.07) is 1.62. The first kappa shape index (κ1) is 12.4. The predicted molar refractivity (Wildman–Crippen MR) is 71.3 cm³/mol. The van der Waals surface area contributed by atoms with Crippen LogP contribution in [0.1, 0.15) is 38.5 Å². The van der Waals surface area contributed by atoms with E-state index in [1.54, 1.807) is 0 Å². The van der Waals surface area contributed by atoms with Gasteiger partial charge >= 0.3 is 0 Å². The number of amides is 1. The zero-order valence-corrected chi connectivity index (χ0v) is 11.3. The van der Waals surface area contributed by atoms with Crippen molar-refractivity contribution in [2.45, 2.75) is 56.7 Å². The van der Waals surface area contributed by atoms with Crippen molar-refractivity contribution >= 4 is 5.91 Å². The van der Waals surface area contributed by atoms with Crippen LogP contribution in [0.5, 0.6) is 0 Å². The normalized spacial score (nSPS) is 40.1. The number of carbonyl (C=O) groups is 1. The van der Waals surface area contributed by atoms with Crippen molar-refractivity contribution in [1.29, 1.82) is 0 Å². The summed E-state index contributed by atoms with van der Waals surface area (Å²) >= 11 is 0. The number of hydrogen-bond donors (Lipinski definition) is 2. The van der Waals surface area contributed by atoms with Gasteiger partial charge in [0.05, 0.1) is 6.04 Å². The minimum atomic E-state index is 0.0768. The second-order valence-corrected chi connectivity index (χ2v) is 6.28. The monoisotopic (exact) mass is 251 g/mol. The molecule has 3 saturated heterocycles. The van der Waals surface area contributed by atoms with Gasteiger partial charge in [0.15, 0.2) is 0 Å². The summed E-state index contributed by atoms with van der Waals surface area (Å²) in [5.74, 6) is 0.919. The van der Waals surface area contributed by atoms with Gasteiger partial charge < -0.3 is 15.5 Å². The fraction of sp³-hybridized carbons (Fsp3) is 0.929. The lowest BCUT2D eigenvalue weighted by Gasteiger charge is -2.36. The van der Waals surface area contributed by atoms with E-state index in [0.717, 1.165) is 38.0 Å². The Bertz CT molecular complexity index is 300. The molecule has 2 unspecified atom stereocenters. The number of nitrogens with one attached hydrogen (secondary N) is 2. The van der Waals surface area contributed by atoms with Crippen LogP contribution >= 0.6 is 0 Å². The van der Waals surface area contributed by atoms with E-state index in [1.165, 1.54) is 25.7 Å². The smallest absolute Gasteiger partial charge is 0.237 e. The van der Waals surface area contributed by atoms with Gasteiger partial charge in [-0.05, 0) is 58.0 Å². The van der Waals surface area contributed by atoms with Crippen LogP contribution in [-0.2, 0) is 4.79 Å². The highest BCUT2D eigenvalue weighted by atomic mass is 16.2. The van der Waals surface area contributed by atoms with Crippen LogP contribution in [0.3, 0.4) is 0 Å². The van der Waals surface area contributed by atoms with Crippen LogP contribution in [0.2, 0.25) is 0 Å². The fourth-order valence-electron chi connectivity index (χ4n) is 3.97. The van der Waals surface area contributed by atoms with Crippen molar-refractivity contribution in [3.05, 3.63) is 0 Å². The van der Waals surface area contributed by atoms with Gasteiger partial charge in [-0.1, -0.05) is 0 Å². The molecule has 0 spiro atoms. The lowest BCUT2D eigenvalue weighted by atomic mass is 9.91. The summed E-state index contributed by atoms with van der Waals surface area (Å²) < 4.78 is 0. The molecule has 3 aliphatic heterocycles. The van der Waals surface area contributed by atoms with Crippen LogP contribution in [0, 0.1) is 5.92 Å². The highest BCUT2D eigenvalue weighted by molar-refractivity contribution is 5.81. The third kappa shape index (κ3) is 2.41. The van der Waals surface area contributed by atoms with E-state index in [4.69, 9.17) is 0 Å². The molecule has 3 atom stereocenters. The van der Waals surface area contributed by atoms with Crippen molar-refractivity contribution in [2.24, 2.45) is 5.92 Å². The number of rotatable bonds is 3.